The molecule has 0 amide bonds. The molecule has 1 atom stereocenters. The summed E-state index contributed by atoms with van der Waals surface area (Å²) in [6.07, 6.45) is 3.55. The Bertz CT molecular complexity index is 757. The minimum absolute atomic E-state index is 0.0614. The summed E-state index contributed by atoms with van der Waals surface area (Å²) < 4.78 is 7.25. The van der Waals surface area contributed by atoms with Gasteiger partial charge in [0.05, 0.1) is 19.0 Å². The molecule has 3 aromatic rings. The topological polar surface area (TPSA) is 52.8 Å². The van der Waals surface area contributed by atoms with E-state index >= 15 is 0 Å². The highest BCUT2D eigenvalue weighted by Gasteiger charge is 2.18. The average molecular weight is 303 g/mol. The number of aromatic nitrogens is 4. The molecule has 0 fully saturated rings. The van der Waals surface area contributed by atoms with Crippen molar-refractivity contribution in [2.24, 2.45) is 0 Å². The predicted octanol–water partition coefficient (Wildman–Crippen LogP) is 3.18. The van der Waals surface area contributed by atoms with Gasteiger partial charge < -0.3 is 9.30 Å². The van der Waals surface area contributed by atoms with Gasteiger partial charge >= 0.3 is 0 Å². The van der Waals surface area contributed by atoms with Crippen LogP contribution in [-0.4, -0.2) is 26.6 Å². The van der Waals surface area contributed by atoms with Crippen molar-refractivity contribution in [3.8, 4) is 5.88 Å². The quantitative estimate of drug-likeness (QED) is 0.695. The number of hydrogen-bond acceptors (Lipinski definition) is 4. The van der Waals surface area contributed by atoms with E-state index in [9.17, 15) is 0 Å². The van der Waals surface area contributed by atoms with E-state index < -0.39 is 0 Å². The molecule has 21 heavy (non-hydrogen) atoms. The molecule has 0 aliphatic heterocycles. The summed E-state index contributed by atoms with van der Waals surface area (Å²) in [6.45, 7) is 2.09. The number of pyridine rings is 2. The zero-order valence-electron chi connectivity index (χ0n) is 11.8. The van der Waals surface area contributed by atoms with E-state index in [0.717, 1.165) is 22.6 Å². The molecule has 3 heterocycles. The first-order valence-corrected chi connectivity index (χ1v) is 7.15. The third kappa shape index (κ3) is 2.45. The van der Waals surface area contributed by atoms with Gasteiger partial charge in [-0.15, -0.1) is 11.6 Å². The molecule has 3 aromatic heterocycles. The molecular formula is C15H15ClN4O. The maximum atomic E-state index is 6.05. The van der Waals surface area contributed by atoms with Gasteiger partial charge in [-0.25, -0.2) is 4.98 Å². The lowest BCUT2D eigenvalue weighted by Gasteiger charge is -2.16. The fraction of sp³-hybridized carbons (Fsp3) is 0.267. The number of methoxy groups -OCH3 is 1. The zero-order chi connectivity index (χ0) is 14.8. The molecule has 0 saturated carbocycles. The number of ether oxygens (including phenoxy) is 1. The lowest BCUT2D eigenvalue weighted by atomic mass is 10.1. The van der Waals surface area contributed by atoms with E-state index in [2.05, 4.69) is 21.9 Å². The van der Waals surface area contributed by atoms with Crippen LogP contribution >= 0.6 is 11.6 Å². The van der Waals surface area contributed by atoms with Crippen LogP contribution in [0.1, 0.15) is 24.4 Å². The number of rotatable bonds is 4. The molecule has 0 bridgehead atoms. The summed E-state index contributed by atoms with van der Waals surface area (Å²) in [5.74, 6) is 1.68. The first kappa shape index (κ1) is 13.8. The van der Waals surface area contributed by atoms with E-state index in [0.29, 0.717) is 11.8 Å². The van der Waals surface area contributed by atoms with Crippen LogP contribution in [0.5, 0.6) is 5.88 Å². The predicted molar refractivity (Wildman–Crippen MR) is 81.7 cm³/mol. The van der Waals surface area contributed by atoms with Crippen molar-refractivity contribution in [3.63, 3.8) is 0 Å². The molecule has 0 spiro atoms. The summed E-state index contributed by atoms with van der Waals surface area (Å²) in [7, 11) is 1.60. The van der Waals surface area contributed by atoms with Gasteiger partial charge in [-0.05, 0) is 30.7 Å². The van der Waals surface area contributed by atoms with Crippen LogP contribution in [0.2, 0.25) is 0 Å². The van der Waals surface area contributed by atoms with Crippen LogP contribution in [0.3, 0.4) is 0 Å². The minimum Gasteiger partial charge on any atom is -0.481 e. The molecule has 5 nitrogen and oxygen atoms in total. The maximum absolute atomic E-state index is 6.05. The first-order chi connectivity index (χ1) is 10.2. The zero-order valence-corrected chi connectivity index (χ0v) is 12.6. The Morgan fingerprint density at radius 2 is 1.95 bits per heavy atom. The Morgan fingerprint density at radius 1 is 1.19 bits per heavy atom. The van der Waals surface area contributed by atoms with E-state index in [4.69, 9.17) is 16.3 Å². The molecule has 6 heteroatoms. The van der Waals surface area contributed by atoms with Gasteiger partial charge in [0.15, 0.2) is 5.65 Å². The van der Waals surface area contributed by atoms with Crippen molar-refractivity contribution < 1.29 is 4.74 Å². The molecule has 0 aliphatic carbocycles. The second kappa shape index (κ2) is 5.69. The van der Waals surface area contributed by atoms with Gasteiger partial charge in [-0.2, -0.15) is 4.98 Å². The number of hydrogen-bond donors (Lipinski definition) is 0. The van der Waals surface area contributed by atoms with Gasteiger partial charge in [-0.3, -0.25) is 4.98 Å². The smallest absolute Gasteiger partial charge is 0.215 e. The van der Waals surface area contributed by atoms with E-state index in [1.807, 2.05) is 22.8 Å². The average Bonchev–Trinajstić information content (AvgIpc) is 2.92. The first-order valence-electron chi connectivity index (χ1n) is 6.62. The summed E-state index contributed by atoms with van der Waals surface area (Å²) in [5, 5.41) is 0. The van der Waals surface area contributed by atoms with Crippen LogP contribution in [0.4, 0.5) is 0 Å². The summed E-state index contributed by atoms with van der Waals surface area (Å²) in [5.41, 5.74) is 2.71. The van der Waals surface area contributed by atoms with Gasteiger partial charge in [0.1, 0.15) is 11.3 Å². The Hall–Kier alpha value is -2.14. The molecule has 3 rings (SSSR count). The molecular weight excluding hydrogens is 288 g/mol. The SMILES string of the molecule is COc1ccc2nc(CCl)n(C(C)c3ccncc3)c2n1. The Balaban J connectivity index is 2.19. The maximum Gasteiger partial charge on any atom is 0.215 e. The molecule has 0 radical (unpaired) electrons. The van der Waals surface area contributed by atoms with Gasteiger partial charge in [0.2, 0.25) is 5.88 Å². The lowest BCUT2D eigenvalue weighted by molar-refractivity contribution is 0.398. The fourth-order valence-electron chi connectivity index (χ4n) is 2.41. The lowest BCUT2D eigenvalue weighted by Crippen LogP contribution is -2.10. The van der Waals surface area contributed by atoms with E-state index in [-0.39, 0.29) is 6.04 Å². The number of halogens is 1. The molecule has 0 saturated heterocycles. The Morgan fingerprint density at radius 3 is 2.62 bits per heavy atom. The molecule has 0 aromatic carbocycles. The van der Waals surface area contributed by atoms with Gasteiger partial charge in [0.25, 0.3) is 0 Å². The molecule has 0 N–H and O–H groups in total. The fourth-order valence-corrected chi connectivity index (χ4v) is 2.60. The summed E-state index contributed by atoms with van der Waals surface area (Å²) in [4.78, 5) is 13.1. The van der Waals surface area contributed by atoms with Crippen molar-refractivity contribution in [1.29, 1.82) is 0 Å². The van der Waals surface area contributed by atoms with Crippen molar-refractivity contribution >= 4 is 22.8 Å². The van der Waals surface area contributed by atoms with Crippen molar-refractivity contribution in [2.45, 2.75) is 18.8 Å². The summed E-state index contributed by atoms with van der Waals surface area (Å²) in [6, 6.07) is 7.72. The number of nitrogens with zero attached hydrogens (tertiary/aromatic N) is 4. The molecule has 108 valence electrons. The third-order valence-corrected chi connectivity index (χ3v) is 3.73. The van der Waals surface area contributed by atoms with Crippen molar-refractivity contribution in [3.05, 3.63) is 48.0 Å². The highest BCUT2D eigenvalue weighted by atomic mass is 35.5. The van der Waals surface area contributed by atoms with E-state index in [1.165, 1.54) is 0 Å². The largest absolute Gasteiger partial charge is 0.481 e. The highest BCUT2D eigenvalue weighted by molar-refractivity contribution is 6.16. The minimum atomic E-state index is 0.0614. The Kier molecular flexibility index (Phi) is 3.75. The number of imidazole rings is 1. The monoisotopic (exact) mass is 302 g/mol. The highest BCUT2D eigenvalue weighted by Crippen LogP contribution is 2.26. The number of alkyl halides is 1. The van der Waals surface area contributed by atoms with Crippen LogP contribution in [0.25, 0.3) is 11.2 Å². The third-order valence-electron chi connectivity index (χ3n) is 3.49. The van der Waals surface area contributed by atoms with E-state index in [1.54, 1.807) is 25.6 Å². The van der Waals surface area contributed by atoms with Gasteiger partial charge in [-0.1, -0.05) is 0 Å². The molecule has 0 aliphatic rings. The number of fused-ring (bicyclic) bond motifs is 1. The second-order valence-electron chi connectivity index (χ2n) is 4.68. The molecule has 1 unspecified atom stereocenters. The van der Waals surface area contributed by atoms with Crippen molar-refractivity contribution in [2.75, 3.05) is 7.11 Å². The van der Waals surface area contributed by atoms with Crippen LogP contribution in [-0.2, 0) is 5.88 Å². The Labute approximate surface area is 127 Å². The van der Waals surface area contributed by atoms with Gasteiger partial charge in [0, 0.05) is 18.5 Å². The second-order valence-corrected chi connectivity index (χ2v) is 4.95. The van der Waals surface area contributed by atoms with Crippen LogP contribution < -0.4 is 4.74 Å². The van der Waals surface area contributed by atoms with Crippen LogP contribution in [0, 0.1) is 0 Å². The summed E-state index contributed by atoms with van der Waals surface area (Å²) >= 11 is 6.05. The van der Waals surface area contributed by atoms with Crippen molar-refractivity contribution in [1.82, 2.24) is 19.5 Å². The van der Waals surface area contributed by atoms with Crippen LogP contribution in [0.15, 0.2) is 36.7 Å². The normalized spacial score (nSPS) is 12.5. The standard InChI is InChI=1S/C15H15ClN4O/c1-10(11-5-7-17-8-6-11)20-13(9-16)18-12-3-4-14(21-2)19-15(12)20/h3-8,10H,9H2,1-2H3.